The summed E-state index contributed by atoms with van der Waals surface area (Å²) in [5.41, 5.74) is 0. The standard InChI is InChI=1S/C12H15BrClFN2O2S/c13-10-1-2-12(11(15)9-10)20(18,19)17-7-5-16(4-3-14)6-8-17/h1-2,9H,3-8H2. The molecule has 1 fully saturated rings. The van der Waals surface area contributed by atoms with Gasteiger partial charge in [-0.25, -0.2) is 12.8 Å². The molecule has 0 bridgehead atoms. The number of piperazine rings is 1. The summed E-state index contributed by atoms with van der Waals surface area (Å²) in [6.07, 6.45) is 0. The van der Waals surface area contributed by atoms with Gasteiger partial charge in [-0.05, 0) is 18.2 Å². The SMILES string of the molecule is O=S(=O)(c1ccc(Br)cc1F)N1CCN(CCCl)CC1. The molecule has 0 aromatic heterocycles. The molecule has 1 saturated heterocycles. The fourth-order valence-corrected chi connectivity index (χ4v) is 4.18. The van der Waals surface area contributed by atoms with Crippen molar-refractivity contribution in [1.29, 1.82) is 0 Å². The summed E-state index contributed by atoms with van der Waals surface area (Å²) in [7, 11) is -3.77. The summed E-state index contributed by atoms with van der Waals surface area (Å²) in [4.78, 5) is 1.82. The number of nitrogens with zero attached hydrogens (tertiary/aromatic N) is 2. The number of halogens is 3. The Morgan fingerprint density at radius 1 is 1.25 bits per heavy atom. The van der Waals surface area contributed by atoms with Crippen molar-refractivity contribution in [2.24, 2.45) is 0 Å². The number of alkyl halides is 1. The maximum Gasteiger partial charge on any atom is 0.246 e. The molecule has 0 amide bonds. The first-order valence-electron chi connectivity index (χ1n) is 6.18. The van der Waals surface area contributed by atoms with Crippen molar-refractivity contribution in [3.63, 3.8) is 0 Å². The van der Waals surface area contributed by atoms with E-state index in [4.69, 9.17) is 11.6 Å². The summed E-state index contributed by atoms with van der Waals surface area (Å²) >= 11 is 8.78. The van der Waals surface area contributed by atoms with Crippen molar-refractivity contribution in [2.75, 3.05) is 38.6 Å². The minimum Gasteiger partial charge on any atom is -0.300 e. The first-order valence-corrected chi connectivity index (χ1v) is 8.95. The molecule has 0 unspecified atom stereocenters. The molecule has 0 saturated carbocycles. The molecule has 8 heteroatoms. The van der Waals surface area contributed by atoms with Crippen LogP contribution in [0, 0.1) is 5.82 Å². The Balaban J connectivity index is 2.15. The monoisotopic (exact) mass is 384 g/mol. The first kappa shape index (κ1) is 16.2. The van der Waals surface area contributed by atoms with Crippen LogP contribution >= 0.6 is 27.5 Å². The van der Waals surface area contributed by atoms with Gasteiger partial charge in [0.15, 0.2) is 0 Å². The summed E-state index contributed by atoms with van der Waals surface area (Å²) in [5, 5.41) is 0. The molecule has 0 atom stereocenters. The number of sulfonamides is 1. The molecule has 0 radical (unpaired) electrons. The van der Waals surface area contributed by atoms with Crippen LogP contribution in [0.2, 0.25) is 0 Å². The summed E-state index contributed by atoms with van der Waals surface area (Å²) in [5.74, 6) is -0.212. The fourth-order valence-electron chi connectivity index (χ4n) is 2.14. The minimum absolute atomic E-state index is 0.272. The Morgan fingerprint density at radius 2 is 1.90 bits per heavy atom. The van der Waals surface area contributed by atoms with E-state index >= 15 is 0 Å². The van der Waals surface area contributed by atoms with Gasteiger partial charge in [-0.1, -0.05) is 15.9 Å². The van der Waals surface area contributed by atoms with Crippen molar-refractivity contribution in [1.82, 2.24) is 9.21 Å². The predicted molar refractivity (Wildman–Crippen MR) is 80.0 cm³/mol. The maximum atomic E-state index is 13.8. The Morgan fingerprint density at radius 3 is 2.45 bits per heavy atom. The molecule has 112 valence electrons. The third kappa shape index (κ3) is 3.51. The van der Waals surface area contributed by atoms with Gasteiger partial charge in [0.1, 0.15) is 10.7 Å². The van der Waals surface area contributed by atoms with E-state index in [9.17, 15) is 12.8 Å². The normalized spacial score (nSPS) is 18.4. The average Bonchev–Trinajstić information content (AvgIpc) is 2.39. The Hall–Kier alpha value is -0.210. The van der Waals surface area contributed by atoms with Gasteiger partial charge in [0.25, 0.3) is 0 Å². The van der Waals surface area contributed by atoms with Gasteiger partial charge in [-0.2, -0.15) is 4.31 Å². The molecule has 1 aromatic carbocycles. The van der Waals surface area contributed by atoms with Crippen LogP contribution in [0.5, 0.6) is 0 Å². The van der Waals surface area contributed by atoms with Gasteiger partial charge >= 0.3 is 0 Å². The lowest BCUT2D eigenvalue weighted by Crippen LogP contribution is -2.49. The smallest absolute Gasteiger partial charge is 0.246 e. The molecular weight excluding hydrogens is 371 g/mol. The highest BCUT2D eigenvalue weighted by Gasteiger charge is 2.30. The number of hydrogen-bond donors (Lipinski definition) is 0. The van der Waals surface area contributed by atoms with Crippen LogP contribution in [0.1, 0.15) is 0 Å². The highest BCUT2D eigenvalue weighted by atomic mass is 79.9. The second-order valence-corrected chi connectivity index (χ2v) is 7.71. The zero-order valence-corrected chi connectivity index (χ0v) is 13.9. The Kier molecular flexibility index (Phi) is 5.42. The highest BCUT2D eigenvalue weighted by molar-refractivity contribution is 9.10. The third-order valence-corrected chi connectivity index (χ3v) is 5.84. The molecule has 0 N–H and O–H groups in total. The van der Waals surface area contributed by atoms with Gasteiger partial charge in [-0.3, -0.25) is 4.90 Å². The van der Waals surface area contributed by atoms with Crippen LogP contribution in [-0.4, -0.2) is 56.2 Å². The Labute approximate surface area is 131 Å². The lowest BCUT2D eigenvalue weighted by atomic mass is 10.3. The topological polar surface area (TPSA) is 40.6 Å². The van der Waals surface area contributed by atoms with Crippen molar-refractivity contribution in [2.45, 2.75) is 4.90 Å². The van der Waals surface area contributed by atoms with E-state index in [-0.39, 0.29) is 4.90 Å². The molecule has 4 nitrogen and oxygen atoms in total. The molecule has 1 aromatic rings. The first-order chi connectivity index (χ1) is 9.45. The molecule has 1 aliphatic heterocycles. The van der Waals surface area contributed by atoms with Crippen molar-refractivity contribution >= 4 is 37.6 Å². The van der Waals surface area contributed by atoms with E-state index in [1.807, 2.05) is 0 Å². The molecular formula is C12H15BrClFN2O2S. The van der Waals surface area contributed by atoms with Gasteiger partial charge in [0.05, 0.1) is 0 Å². The van der Waals surface area contributed by atoms with E-state index in [0.29, 0.717) is 36.5 Å². The van der Waals surface area contributed by atoms with Crippen LogP contribution in [0.4, 0.5) is 4.39 Å². The number of hydrogen-bond acceptors (Lipinski definition) is 3. The molecule has 2 rings (SSSR count). The van der Waals surface area contributed by atoms with E-state index in [1.165, 1.54) is 16.4 Å². The van der Waals surface area contributed by atoms with E-state index in [2.05, 4.69) is 20.8 Å². The largest absolute Gasteiger partial charge is 0.300 e. The van der Waals surface area contributed by atoms with Crippen LogP contribution < -0.4 is 0 Å². The van der Waals surface area contributed by atoms with Crippen molar-refractivity contribution < 1.29 is 12.8 Å². The third-order valence-electron chi connectivity index (χ3n) is 3.24. The van der Waals surface area contributed by atoms with Crippen molar-refractivity contribution in [3.8, 4) is 0 Å². The van der Waals surface area contributed by atoms with E-state index in [1.54, 1.807) is 0 Å². The quantitative estimate of drug-likeness (QED) is 0.746. The highest BCUT2D eigenvalue weighted by Crippen LogP contribution is 2.23. The maximum absolute atomic E-state index is 13.8. The summed E-state index contributed by atoms with van der Waals surface area (Å²) < 4.78 is 40.5. The van der Waals surface area contributed by atoms with E-state index < -0.39 is 15.8 Å². The van der Waals surface area contributed by atoms with Crippen molar-refractivity contribution in [3.05, 3.63) is 28.5 Å². The summed E-state index contributed by atoms with van der Waals surface area (Å²) in [6, 6.07) is 3.98. The van der Waals surface area contributed by atoms with Crippen LogP contribution in [0.3, 0.4) is 0 Å². The predicted octanol–water partition coefficient (Wildman–Crippen LogP) is 2.13. The molecule has 0 spiro atoms. The minimum atomic E-state index is -3.77. The molecule has 1 heterocycles. The number of rotatable bonds is 4. The van der Waals surface area contributed by atoms with Gasteiger partial charge < -0.3 is 0 Å². The summed E-state index contributed by atoms with van der Waals surface area (Å²) in [6.45, 7) is 2.68. The second-order valence-electron chi connectivity index (χ2n) is 4.51. The lowest BCUT2D eigenvalue weighted by Gasteiger charge is -2.33. The van der Waals surface area contributed by atoms with Crippen LogP contribution in [0.15, 0.2) is 27.6 Å². The van der Waals surface area contributed by atoms with Crippen LogP contribution in [-0.2, 0) is 10.0 Å². The van der Waals surface area contributed by atoms with Gasteiger partial charge in [-0.15, -0.1) is 11.6 Å². The lowest BCUT2D eigenvalue weighted by molar-refractivity contribution is 0.197. The van der Waals surface area contributed by atoms with Gasteiger partial charge in [0, 0.05) is 43.1 Å². The fraction of sp³-hybridized carbons (Fsp3) is 0.500. The number of benzene rings is 1. The average molecular weight is 386 g/mol. The molecule has 20 heavy (non-hydrogen) atoms. The van der Waals surface area contributed by atoms with Crippen LogP contribution in [0.25, 0.3) is 0 Å². The molecule has 0 aliphatic carbocycles. The van der Waals surface area contributed by atoms with Gasteiger partial charge in [0.2, 0.25) is 10.0 Å². The Bertz CT molecular complexity index is 577. The second kappa shape index (κ2) is 6.70. The molecule has 1 aliphatic rings. The zero-order chi connectivity index (χ0) is 14.8. The zero-order valence-electron chi connectivity index (χ0n) is 10.7. The van der Waals surface area contributed by atoms with E-state index in [0.717, 1.165) is 12.6 Å².